The van der Waals surface area contributed by atoms with Gasteiger partial charge in [0.25, 0.3) is 0 Å². The molecule has 2 fully saturated rings. The molecule has 4 rings (SSSR count). The quantitative estimate of drug-likeness (QED) is 0.459. The lowest BCUT2D eigenvalue weighted by Gasteiger charge is -2.19. The molecule has 1 aromatic heterocycles. The summed E-state index contributed by atoms with van der Waals surface area (Å²) >= 11 is 6.30. The molecule has 1 unspecified atom stereocenters. The van der Waals surface area contributed by atoms with Gasteiger partial charge in [0, 0.05) is 36.3 Å². The van der Waals surface area contributed by atoms with E-state index in [2.05, 4.69) is 21.7 Å². The zero-order chi connectivity index (χ0) is 23.5. The summed E-state index contributed by atoms with van der Waals surface area (Å²) in [6.07, 6.45) is 3.67. The predicted octanol–water partition coefficient (Wildman–Crippen LogP) is 3.35. The van der Waals surface area contributed by atoms with E-state index in [1.165, 1.54) is 0 Å². The molecule has 0 bridgehead atoms. The first-order chi connectivity index (χ1) is 15.9. The summed E-state index contributed by atoms with van der Waals surface area (Å²) in [5.41, 5.74) is 1.02. The summed E-state index contributed by atoms with van der Waals surface area (Å²) in [6, 6.07) is 6.51. The summed E-state index contributed by atoms with van der Waals surface area (Å²) < 4.78 is 5.23. The number of hydrogen-bond acceptors (Lipinski definition) is 5. The average Bonchev–Trinajstić information content (AvgIpc) is 3.36. The number of fused-ring (bicyclic) bond motifs is 1. The van der Waals surface area contributed by atoms with Crippen molar-refractivity contribution in [3.8, 4) is 11.8 Å². The summed E-state index contributed by atoms with van der Waals surface area (Å²) in [5.74, 6) is -0.364. The van der Waals surface area contributed by atoms with Gasteiger partial charge in [-0.2, -0.15) is 5.26 Å². The van der Waals surface area contributed by atoms with Crippen LogP contribution in [0.3, 0.4) is 0 Å². The van der Waals surface area contributed by atoms with Crippen molar-refractivity contribution in [2.75, 3.05) is 13.7 Å². The highest BCUT2D eigenvalue weighted by Crippen LogP contribution is 2.37. The second kappa shape index (κ2) is 9.84. The zero-order valence-electron chi connectivity index (χ0n) is 18.4. The van der Waals surface area contributed by atoms with E-state index < -0.39 is 12.0 Å². The van der Waals surface area contributed by atoms with Gasteiger partial charge in [-0.05, 0) is 37.3 Å². The van der Waals surface area contributed by atoms with Crippen LogP contribution in [0.15, 0.2) is 18.2 Å². The summed E-state index contributed by atoms with van der Waals surface area (Å²) in [6.45, 7) is 0.592. The van der Waals surface area contributed by atoms with E-state index in [0.29, 0.717) is 47.3 Å². The third-order valence-electron chi connectivity index (χ3n) is 6.46. The number of ketones is 1. The second-order valence-corrected chi connectivity index (χ2v) is 9.37. The molecule has 3 atom stereocenters. The minimum atomic E-state index is -0.762. The van der Waals surface area contributed by atoms with Crippen LogP contribution in [0.1, 0.15) is 49.0 Å². The Labute approximate surface area is 197 Å². The lowest BCUT2D eigenvalue weighted by Crippen LogP contribution is -2.40. The fraction of sp³-hybridized carbons (Fsp3) is 0.500. The highest BCUT2D eigenvalue weighted by atomic mass is 35.5. The maximum absolute atomic E-state index is 13.1. The van der Waals surface area contributed by atoms with Crippen LogP contribution in [-0.2, 0) is 9.59 Å². The maximum Gasteiger partial charge on any atom is 0.224 e. The van der Waals surface area contributed by atoms with Gasteiger partial charge >= 0.3 is 0 Å². The van der Waals surface area contributed by atoms with E-state index in [-0.39, 0.29) is 36.4 Å². The van der Waals surface area contributed by atoms with Crippen molar-refractivity contribution in [3.05, 3.63) is 28.9 Å². The fourth-order valence-electron chi connectivity index (χ4n) is 4.40. The Morgan fingerprint density at radius 2 is 2.06 bits per heavy atom. The Balaban J connectivity index is 1.45. The molecule has 9 heteroatoms. The molecule has 8 nitrogen and oxygen atoms in total. The fourth-order valence-corrected chi connectivity index (χ4v) is 4.67. The molecule has 0 spiro atoms. The predicted molar refractivity (Wildman–Crippen MR) is 123 cm³/mol. The van der Waals surface area contributed by atoms with Crippen LogP contribution in [0.25, 0.3) is 10.9 Å². The normalized spacial score (nSPS) is 19.5. The zero-order valence-corrected chi connectivity index (χ0v) is 19.2. The highest BCUT2D eigenvalue weighted by molar-refractivity contribution is 6.35. The number of aromatic amines is 1. The number of hydrogen-bond donors (Lipinski definition) is 3. The van der Waals surface area contributed by atoms with Crippen LogP contribution in [-0.4, -0.2) is 42.3 Å². The van der Waals surface area contributed by atoms with Gasteiger partial charge in [0.1, 0.15) is 11.8 Å². The van der Waals surface area contributed by atoms with Crippen molar-refractivity contribution in [2.24, 2.45) is 17.8 Å². The number of nitriles is 1. The number of rotatable bonds is 10. The van der Waals surface area contributed by atoms with Gasteiger partial charge in [-0.1, -0.05) is 24.4 Å². The van der Waals surface area contributed by atoms with E-state index in [1.807, 2.05) is 0 Å². The van der Waals surface area contributed by atoms with Crippen LogP contribution in [0, 0.1) is 29.1 Å². The monoisotopic (exact) mass is 470 g/mol. The molecule has 2 amide bonds. The standard InChI is InChI=1S/C24H27ClN4O4/c1-33-18-8-15-9-20(29-22(15)19(25)11-18)21(30)10-16(6-13-2-3-13)24(32)28-17(12-26)7-14-4-5-27-23(14)31/h8-9,11,13-14,16-17,29H,2-7,10H2,1H3,(H,27,31)(H,28,32)/t14?,16-,17+/m1/s1. The molecule has 1 aromatic carbocycles. The van der Waals surface area contributed by atoms with Crippen LogP contribution < -0.4 is 15.4 Å². The van der Waals surface area contributed by atoms with Crippen LogP contribution in [0.4, 0.5) is 0 Å². The molecule has 174 valence electrons. The molecule has 1 aliphatic heterocycles. The van der Waals surface area contributed by atoms with E-state index in [9.17, 15) is 19.6 Å². The van der Waals surface area contributed by atoms with Crippen molar-refractivity contribution < 1.29 is 19.1 Å². The number of aromatic nitrogens is 1. The number of halogens is 1. The Kier molecular flexibility index (Phi) is 6.89. The van der Waals surface area contributed by atoms with Crippen LogP contribution >= 0.6 is 11.6 Å². The van der Waals surface area contributed by atoms with E-state index in [1.54, 1.807) is 25.3 Å². The molecule has 2 aliphatic rings. The van der Waals surface area contributed by atoms with E-state index in [0.717, 1.165) is 18.2 Å². The molecule has 33 heavy (non-hydrogen) atoms. The average molecular weight is 471 g/mol. The molecular formula is C24H27ClN4O4. The molecule has 0 radical (unpaired) electrons. The minimum absolute atomic E-state index is 0.0337. The lowest BCUT2D eigenvalue weighted by atomic mass is 9.93. The van der Waals surface area contributed by atoms with Gasteiger partial charge in [-0.15, -0.1) is 0 Å². The number of carbonyl (C=O) groups excluding carboxylic acids is 3. The van der Waals surface area contributed by atoms with Crippen molar-refractivity contribution in [3.63, 3.8) is 0 Å². The minimum Gasteiger partial charge on any atom is -0.497 e. The molecule has 2 heterocycles. The first kappa shape index (κ1) is 23.1. The highest BCUT2D eigenvalue weighted by Gasteiger charge is 2.33. The van der Waals surface area contributed by atoms with Gasteiger partial charge in [0.2, 0.25) is 11.8 Å². The number of Topliss-reactive ketones (excluding diaryl/α,β-unsaturated/α-hetero) is 1. The Morgan fingerprint density at radius 3 is 2.70 bits per heavy atom. The third-order valence-corrected chi connectivity index (χ3v) is 6.76. The van der Waals surface area contributed by atoms with Crippen molar-refractivity contribution >= 4 is 40.1 Å². The molecular weight excluding hydrogens is 444 g/mol. The topological polar surface area (TPSA) is 124 Å². The molecule has 1 saturated heterocycles. The van der Waals surface area contributed by atoms with Crippen molar-refractivity contribution in [1.82, 2.24) is 15.6 Å². The molecule has 2 aromatic rings. The first-order valence-corrected chi connectivity index (χ1v) is 11.6. The summed E-state index contributed by atoms with van der Waals surface area (Å²) in [5, 5.41) is 16.2. The van der Waals surface area contributed by atoms with Gasteiger partial charge in [0.05, 0.1) is 29.4 Å². The second-order valence-electron chi connectivity index (χ2n) is 8.96. The maximum atomic E-state index is 13.1. The van der Waals surface area contributed by atoms with E-state index in [4.69, 9.17) is 16.3 Å². The number of H-pyrrole nitrogens is 1. The largest absolute Gasteiger partial charge is 0.497 e. The number of nitrogens with one attached hydrogen (secondary N) is 3. The number of nitrogens with zero attached hydrogens (tertiary/aromatic N) is 1. The Hall–Kier alpha value is -3.05. The summed E-state index contributed by atoms with van der Waals surface area (Å²) in [7, 11) is 1.55. The van der Waals surface area contributed by atoms with Crippen molar-refractivity contribution in [1.29, 1.82) is 5.26 Å². The molecule has 3 N–H and O–H groups in total. The number of benzene rings is 1. The Bertz CT molecular complexity index is 1120. The Morgan fingerprint density at radius 1 is 1.27 bits per heavy atom. The summed E-state index contributed by atoms with van der Waals surface area (Å²) in [4.78, 5) is 41.0. The van der Waals surface area contributed by atoms with Gasteiger partial charge in [-0.25, -0.2) is 0 Å². The van der Waals surface area contributed by atoms with E-state index >= 15 is 0 Å². The van der Waals surface area contributed by atoms with Gasteiger partial charge in [-0.3, -0.25) is 14.4 Å². The lowest BCUT2D eigenvalue weighted by molar-refractivity contribution is -0.127. The van der Waals surface area contributed by atoms with Crippen LogP contribution in [0.2, 0.25) is 5.02 Å². The smallest absolute Gasteiger partial charge is 0.224 e. The van der Waals surface area contributed by atoms with Crippen molar-refractivity contribution in [2.45, 2.75) is 44.6 Å². The van der Waals surface area contributed by atoms with Gasteiger partial charge < -0.3 is 20.4 Å². The molecule has 1 saturated carbocycles. The number of carbonyl (C=O) groups is 3. The van der Waals surface area contributed by atoms with Crippen LogP contribution in [0.5, 0.6) is 5.75 Å². The third kappa shape index (κ3) is 5.48. The SMILES string of the molecule is COc1cc(Cl)c2[nH]c(C(=O)C[C@@H](CC3CC3)C(=O)N[C@H](C#N)CC3CCNC3=O)cc2c1. The van der Waals surface area contributed by atoms with Gasteiger partial charge in [0.15, 0.2) is 5.78 Å². The first-order valence-electron chi connectivity index (χ1n) is 11.2. The number of methoxy groups -OCH3 is 1. The number of amides is 2. The molecule has 1 aliphatic carbocycles. The number of ether oxygens (including phenoxy) is 1.